The highest BCUT2D eigenvalue weighted by molar-refractivity contribution is 5.75. The largest absolute Gasteiger partial charge is 0.490 e. The topological polar surface area (TPSA) is 41.6 Å². The summed E-state index contributed by atoms with van der Waals surface area (Å²) in [5.41, 5.74) is -0.556. The van der Waals surface area contributed by atoms with Crippen LogP contribution in [0.5, 0.6) is 0 Å². The maximum Gasteiger partial charge on any atom is 0.490 e. The van der Waals surface area contributed by atoms with Gasteiger partial charge in [0.2, 0.25) is 0 Å². The maximum atomic E-state index is 12.2. The second-order valence-electron chi connectivity index (χ2n) is 5.22. The number of hydrogen-bond acceptors (Lipinski definition) is 4. The molecule has 0 radical (unpaired) electrons. The molecule has 0 amide bonds. The number of esters is 1. The SMILES string of the molecule is O=C(OC1NCC12CCN(CC(F)F)CC2)C(F)(F)F. The van der Waals surface area contributed by atoms with Crippen LogP contribution < -0.4 is 5.32 Å². The van der Waals surface area contributed by atoms with Crippen molar-refractivity contribution >= 4 is 5.97 Å². The molecule has 2 aliphatic heterocycles. The number of rotatable bonds is 3. The summed E-state index contributed by atoms with van der Waals surface area (Å²) in [6.45, 7) is 0.833. The summed E-state index contributed by atoms with van der Waals surface area (Å²) in [6.07, 6.45) is -7.56. The van der Waals surface area contributed by atoms with Crippen molar-refractivity contribution in [2.24, 2.45) is 5.41 Å². The predicted molar refractivity (Wildman–Crippen MR) is 58.0 cm³/mol. The van der Waals surface area contributed by atoms with E-state index in [0.29, 0.717) is 32.5 Å². The predicted octanol–water partition coefficient (Wildman–Crippen LogP) is 1.37. The van der Waals surface area contributed by atoms with E-state index in [1.807, 2.05) is 0 Å². The van der Waals surface area contributed by atoms with Gasteiger partial charge < -0.3 is 4.74 Å². The molecule has 9 heteroatoms. The minimum atomic E-state index is -5.02. The number of halogens is 5. The zero-order chi connectivity index (χ0) is 15.0. The standard InChI is InChI=1S/C11H15F5N2O2/c12-7(13)5-18-3-1-10(2-4-18)6-17-8(10)20-9(19)11(14,15)16/h7-8,17H,1-6H2. The van der Waals surface area contributed by atoms with E-state index >= 15 is 0 Å². The number of nitrogens with one attached hydrogen (secondary N) is 1. The number of ether oxygens (including phenoxy) is 1. The number of likely N-dealkylation sites (tertiary alicyclic amines) is 1. The Balaban J connectivity index is 1.86. The summed E-state index contributed by atoms with van der Waals surface area (Å²) in [5.74, 6) is -2.22. The molecule has 0 aromatic rings. The molecule has 0 saturated carbocycles. The Morgan fingerprint density at radius 1 is 1.35 bits per heavy atom. The summed E-state index contributed by atoms with van der Waals surface area (Å²) in [6, 6.07) is 0. The van der Waals surface area contributed by atoms with E-state index in [4.69, 9.17) is 0 Å². The first-order chi connectivity index (χ1) is 9.23. The third-order valence-electron chi connectivity index (χ3n) is 3.90. The molecule has 20 heavy (non-hydrogen) atoms. The lowest BCUT2D eigenvalue weighted by molar-refractivity contribution is -0.225. The molecule has 0 aromatic heterocycles. The molecule has 1 unspecified atom stereocenters. The van der Waals surface area contributed by atoms with Crippen molar-refractivity contribution in [3.05, 3.63) is 0 Å². The van der Waals surface area contributed by atoms with Gasteiger partial charge in [-0.05, 0) is 25.9 Å². The van der Waals surface area contributed by atoms with E-state index in [1.54, 1.807) is 4.90 Å². The van der Waals surface area contributed by atoms with Crippen molar-refractivity contribution in [2.45, 2.75) is 31.7 Å². The van der Waals surface area contributed by atoms with Gasteiger partial charge in [-0.3, -0.25) is 10.2 Å². The highest BCUT2D eigenvalue weighted by atomic mass is 19.4. The number of carbonyl (C=O) groups is 1. The van der Waals surface area contributed by atoms with Crippen molar-refractivity contribution in [1.82, 2.24) is 10.2 Å². The number of hydrogen-bond donors (Lipinski definition) is 1. The number of piperidine rings is 1. The third kappa shape index (κ3) is 3.20. The highest BCUT2D eigenvalue weighted by Crippen LogP contribution is 2.41. The van der Waals surface area contributed by atoms with Crippen molar-refractivity contribution in [3.8, 4) is 0 Å². The van der Waals surface area contributed by atoms with Gasteiger partial charge in [-0.2, -0.15) is 13.2 Å². The first-order valence-electron chi connectivity index (χ1n) is 6.25. The fourth-order valence-electron chi connectivity index (χ4n) is 2.63. The van der Waals surface area contributed by atoms with Crippen LogP contribution in [-0.2, 0) is 9.53 Å². The maximum absolute atomic E-state index is 12.2. The fraction of sp³-hybridized carbons (Fsp3) is 0.909. The Hall–Kier alpha value is -0.960. The molecule has 1 spiro atoms. The Morgan fingerprint density at radius 3 is 2.35 bits per heavy atom. The van der Waals surface area contributed by atoms with Gasteiger partial charge in [-0.25, -0.2) is 13.6 Å². The average molecular weight is 302 g/mol. The van der Waals surface area contributed by atoms with E-state index in [2.05, 4.69) is 10.1 Å². The summed E-state index contributed by atoms with van der Waals surface area (Å²) >= 11 is 0. The van der Waals surface area contributed by atoms with Crippen LogP contribution in [0, 0.1) is 5.41 Å². The van der Waals surface area contributed by atoms with E-state index in [-0.39, 0.29) is 6.54 Å². The lowest BCUT2D eigenvalue weighted by Gasteiger charge is -2.53. The molecule has 2 fully saturated rings. The molecule has 0 aromatic carbocycles. The van der Waals surface area contributed by atoms with Crippen LogP contribution >= 0.6 is 0 Å². The van der Waals surface area contributed by atoms with Crippen LogP contribution in [0.4, 0.5) is 22.0 Å². The number of carbonyl (C=O) groups excluding carboxylic acids is 1. The number of alkyl halides is 5. The van der Waals surface area contributed by atoms with Crippen LogP contribution in [0.15, 0.2) is 0 Å². The summed E-state index contributed by atoms with van der Waals surface area (Å²) in [4.78, 5) is 12.4. The lowest BCUT2D eigenvalue weighted by atomic mass is 9.71. The Bertz CT molecular complexity index is 366. The van der Waals surface area contributed by atoms with E-state index < -0.39 is 30.2 Å². The molecule has 2 heterocycles. The first-order valence-corrected chi connectivity index (χ1v) is 6.25. The van der Waals surface area contributed by atoms with E-state index in [0.717, 1.165) is 0 Å². The molecule has 2 saturated heterocycles. The lowest BCUT2D eigenvalue weighted by Crippen LogP contribution is -2.67. The van der Waals surface area contributed by atoms with E-state index in [1.165, 1.54) is 0 Å². The zero-order valence-corrected chi connectivity index (χ0v) is 10.6. The molecular weight excluding hydrogens is 287 g/mol. The molecule has 0 bridgehead atoms. The molecule has 1 atom stereocenters. The second-order valence-corrected chi connectivity index (χ2v) is 5.22. The molecule has 0 aliphatic carbocycles. The highest BCUT2D eigenvalue weighted by Gasteiger charge is 2.53. The quantitative estimate of drug-likeness (QED) is 0.631. The van der Waals surface area contributed by atoms with E-state index in [9.17, 15) is 26.7 Å². The van der Waals surface area contributed by atoms with Gasteiger partial charge in [-0.1, -0.05) is 0 Å². The summed E-state index contributed by atoms with van der Waals surface area (Å²) < 4.78 is 65.3. The minimum Gasteiger partial charge on any atom is -0.439 e. The van der Waals surface area contributed by atoms with Crippen LogP contribution in [0.1, 0.15) is 12.8 Å². The van der Waals surface area contributed by atoms with Crippen LogP contribution in [0.25, 0.3) is 0 Å². The Kier molecular flexibility index (Phi) is 4.19. The average Bonchev–Trinajstić information content (AvgIpc) is 2.33. The molecular formula is C11H15F5N2O2. The molecule has 116 valence electrons. The zero-order valence-electron chi connectivity index (χ0n) is 10.6. The third-order valence-corrected chi connectivity index (χ3v) is 3.90. The van der Waals surface area contributed by atoms with Crippen LogP contribution in [0.2, 0.25) is 0 Å². The van der Waals surface area contributed by atoms with Gasteiger partial charge in [0.05, 0.1) is 6.54 Å². The van der Waals surface area contributed by atoms with Crippen molar-refractivity contribution < 1.29 is 31.5 Å². The summed E-state index contributed by atoms with van der Waals surface area (Å²) in [5, 5.41) is 2.65. The molecule has 1 N–H and O–H groups in total. The van der Waals surface area contributed by atoms with Gasteiger partial charge in [0, 0.05) is 12.0 Å². The monoisotopic (exact) mass is 302 g/mol. The smallest absolute Gasteiger partial charge is 0.439 e. The summed E-state index contributed by atoms with van der Waals surface area (Å²) in [7, 11) is 0. The Morgan fingerprint density at radius 2 is 1.95 bits per heavy atom. The molecule has 2 aliphatic rings. The van der Waals surface area contributed by atoms with Crippen molar-refractivity contribution in [3.63, 3.8) is 0 Å². The van der Waals surface area contributed by atoms with Crippen LogP contribution in [-0.4, -0.2) is 55.9 Å². The Labute approximate surface area is 112 Å². The van der Waals surface area contributed by atoms with Gasteiger partial charge >= 0.3 is 12.1 Å². The number of nitrogens with zero attached hydrogens (tertiary/aromatic N) is 1. The first kappa shape index (κ1) is 15.4. The molecule has 2 rings (SSSR count). The minimum absolute atomic E-state index is 0.337. The van der Waals surface area contributed by atoms with Crippen molar-refractivity contribution in [2.75, 3.05) is 26.2 Å². The van der Waals surface area contributed by atoms with Gasteiger partial charge in [0.1, 0.15) is 0 Å². The second kappa shape index (κ2) is 5.44. The molecule has 4 nitrogen and oxygen atoms in total. The van der Waals surface area contributed by atoms with Gasteiger partial charge in [-0.15, -0.1) is 0 Å². The van der Waals surface area contributed by atoms with Crippen molar-refractivity contribution in [1.29, 1.82) is 0 Å². The van der Waals surface area contributed by atoms with Gasteiger partial charge in [0.25, 0.3) is 6.43 Å². The normalized spacial score (nSPS) is 26.6. The van der Waals surface area contributed by atoms with Gasteiger partial charge in [0.15, 0.2) is 6.23 Å². The van der Waals surface area contributed by atoms with Crippen LogP contribution in [0.3, 0.4) is 0 Å². The fourth-order valence-corrected chi connectivity index (χ4v) is 2.63.